The Bertz CT molecular complexity index is 1960. The van der Waals surface area contributed by atoms with Crippen molar-refractivity contribution in [2.45, 2.75) is 13.8 Å². The van der Waals surface area contributed by atoms with E-state index in [1.165, 1.54) is 12.3 Å². The Morgan fingerprint density at radius 2 is 1.63 bits per heavy atom. The lowest BCUT2D eigenvalue weighted by molar-refractivity contribution is -0.661. The molecule has 0 N–H and O–H groups in total. The summed E-state index contributed by atoms with van der Waals surface area (Å²) >= 11 is 0. The summed E-state index contributed by atoms with van der Waals surface area (Å²) in [6.45, 7) is -0.661. The average molecular weight is 461 g/mol. The van der Waals surface area contributed by atoms with E-state index in [1.807, 2.05) is 67.6 Å². The highest BCUT2D eigenvalue weighted by Gasteiger charge is 2.24. The van der Waals surface area contributed by atoms with Gasteiger partial charge in [-0.1, -0.05) is 54.6 Å². The zero-order valence-corrected chi connectivity index (χ0v) is 19.2. The molecular formula is C31H22FN2O+. The van der Waals surface area contributed by atoms with Gasteiger partial charge in [-0.2, -0.15) is 5.26 Å². The Kier molecular flexibility index (Phi) is 3.98. The number of halogens is 1. The molecule has 4 aromatic carbocycles. The summed E-state index contributed by atoms with van der Waals surface area (Å²) in [5.41, 5.74) is 4.87. The van der Waals surface area contributed by atoms with Crippen LogP contribution in [0.3, 0.4) is 0 Å². The molecule has 4 heteroatoms. The SMILES string of the molecule is [2H]C([2H])([2H])c1c[n+](C)c(-c2c(C)ccc3c2oc2c(-c4cccc5ccccc45)c(C#N)ccc23)cc1F. The van der Waals surface area contributed by atoms with E-state index in [2.05, 4.69) is 6.07 Å². The van der Waals surface area contributed by atoms with Crippen LogP contribution < -0.4 is 4.57 Å². The lowest BCUT2D eigenvalue weighted by Gasteiger charge is -2.09. The van der Waals surface area contributed by atoms with Crippen LogP contribution in [0, 0.1) is 30.9 Å². The van der Waals surface area contributed by atoms with Crippen molar-refractivity contribution in [3.05, 3.63) is 102 Å². The second kappa shape index (κ2) is 7.78. The normalized spacial score (nSPS) is 13.0. The van der Waals surface area contributed by atoms with Crippen LogP contribution in [0.4, 0.5) is 4.39 Å². The van der Waals surface area contributed by atoms with Crippen LogP contribution in [0.25, 0.3) is 55.1 Å². The topological polar surface area (TPSA) is 40.8 Å². The third kappa shape index (κ3) is 3.13. The van der Waals surface area contributed by atoms with E-state index in [4.69, 9.17) is 8.53 Å². The fourth-order valence-corrected chi connectivity index (χ4v) is 5.00. The van der Waals surface area contributed by atoms with Gasteiger partial charge >= 0.3 is 0 Å². The second-order valence-electron chi connectivity index (χ2n) is 8.77. The first-order chi connectivity index (χ1) is 18.2. The van der Waals surface area contributed by atoms with Gasteiger partial charge < -0.3 is 4.42 Å². The van der Waals surface area contributed by atoms with Crippen LogP contribution in [0.5, 0.6) is 0 Å². The molecule has 0 spiro atoms. The van der Waals surface area contributed by atoms with E-state index < -0.39 is 12.7 Å². The number of hydrogen-bond donors (Lipinski definition) is 0. The van der Waals surface area contributed by atoms with Gasteiger partial charge in [-0.3, -0.25) is 0 Å². The minimum atomic E-state index is -2.57. The highest BCUT2D eigenvalue weighted by Crippen LogP contribution is 2.43. The molecule has 168 valence electrons. The molecule has 0 saturated carbocycles. The van der Waals surface area contributed by atoms with Gasteiger partial charge in [0.1, 0.15) is 24.0 Å². The fraction of sp³-hybridized carbons (Fsp3) is 0.0968. The molecule has 0 bridgehead atoms. The molecule has 0 aliphatic carbocycles. The number of benzene rings is 4. The molecule has 0 saturated heterocycles. The van der Waals surface area contributed by atoms with E-state index in [9.17, 15) is 5.26 Å². The number of furan rings is 1. The lowest BCUT2D eigenvalue weighted by atomic mass is 9.93. The predicted molar refractivity (Wildman–Crippen MR) is 137 cm³/mol. The van der Waals surface area contributed by atoms with E-state index in [0.717, 1.165) is 32.7 Å². The van der Waals surface area contributed by atoms with Crippen molar-refractivity contribution in [2.75, 3.05) is 0 Å². The second-order valence-corrected chi connectivity index (χ2v) is 8.77. The Balaban J connectivity index is 1.71. The van der Waals surface area contributed by atoms with Crippen molar-refractivity contribution in [1.82, 2.24) is 0 Å². The molecule has 0 fully saturated rings. The summed E-state index contributed by atoms with van der Waals surface area (Å²) in [6, 6.07) is 25.1. The average Bonchev–Trinajstić information content (AvgIpc) is 3.27. The molecule has 0 unspecified atom stereocenters. The Hall–Kier alpha value is -4.49. The third-order valence-electron chi connectivity index (χ3n) is 6.68. The summed E-state index contributed by atoms with van der Waals surface area (Å²) in [6.07, 6.45) is 1.31. The predicted octanol–water partition coefficient (Wildman–Crippen LogP) is 7.53. The summed E-state index contributed by atoms with van der Waals surface area (Å²) in [5.74, 6) is -0.797. The Labute approximate surface area is 206 Å². The van der Waals surface area contributed by atoms with Gasteiger partial charge in [-0.05, 0) is 47.8 Å². The number of nitrogens with zero attached hydrogens (tertiary/aromatic N) is 2. The molecule has 0 aliphatic rings. The van der Waals surface area contributed by atoms with Crippen LogP contribution in [0.1, 0.15) is 20.8 Å². The van der Waals surface area contributed by atoms with Gasteiger partial charge in [-0.25, -0.2) is 8.96 Å². The molecule has 0 aliphatic heterocycles. The van der Waals surface area contributed by atoms with E-state index in [0.29, 0.717) is 33.6 Å². The van der Waals surface area contributed by atoms with E-state index in [-0.39, 0.29) is 5.56 Å². The molecule has 35 heavy (non-hydrogen) atoms. The number of rotatable bonds is 2. The Morgan fingerprint density at radius 1 is 0.886 bits per heavy atom. The van der Waals surface area contributed by atoms with Gasteiger partial charge in [-0.15, -0.1) is 0 Å². The van der Waals surface area contributed by atoms with Crippen LogP contribution in [0.15, 0.2) is 83.4 Å². The van der Waals surface area contributed by atoms with Crippen molar-refractivity contribution in [3.8, 4) is 28.5 Å². The molecule has 6 aromatic rings. The number of hydrogen-bond acceptors (Lipinski definition) is 2. The minimum Gasteiger partial charge on any atom is -0.454 e. The summed E-state index contributed by atoms with van der Waals surface area (Å²) < 4.78 is 46.3. The number of nitriles is 1. The molecule has 0 amide bonds. The van der Waals surface area contributed by atoms with Crippen molar-refractivity contribution < 1.29 is 17.5 Å². The van der Waals surface area contributed by atoms with E-state index in [1.54, 1.807) is 17.7 Å². The van der Waals surface area contributed by atoms with Crippen molar-refractivity contribution >= 4 is 32.7 Å². The maximum atomic E-state index is 15.0. The van der Waals surface area contributed by atoms with E-state index >= 15 is 4.39 Å². The zero-order valence-electron chi connectivity index (χ0n) is 22.2. The summed E-state index contributed by atoms with van der Waals surface area (Å²) in [5, 5.41) is 13.8. The van der Waals surface area contributed by atoms with Crippen LogP contribution >= 0.6 is 0 Å². The minimum absolute atomic E-state index is 0.338. The van der Waals surface area contributed by atoms with Gasteiger partial charge in [0.15, 0.2) is 6.20 Å². The molecule has 0 atom stereocenters. The van der Waals surface area contributed by atoms with Gasteiger partial charge in [0.25, 0.3) is 0 Å². The summed E-state index contributed by atoms with van der Waals surface area (Å²) in [7, 11) is 1.69. The summed E-state index contributed by atoms with van der Waals surface area (Å²) in [4.78, 5) is 0. The Morgan fingerprint density at radius 3 is 2.43 bits per heavy atom. The lowest BCUT2D eigenvalue weighted by Crippen LogP contribution is -2.31. The first kappa shape index (κ1) is 17.9. The van der Waals surface area contributed by atoms with Gasteiger partial charge in [0.2, 0.25) is 5.69 Å². The van der Waals surface area contributed by atoms with Crippen LogP contribution in [0.2, 0.25) is 0 Å². The molecule has 3 nitrogen and oxygen atoms in total. The monoisotopic (exact) mass is 460 g/mol. The number of aromatic nitrogens is 1. The molecule has 0 radical (unpaired) electrons. The third-order valence-corrected chi connectivity index (χ3v) is 6.68. The fourth-order valence-electron chi connectivity index (χ4n) is 5.00. The first-order valence-electron chi connectivity index (χ1n) is 12.8. The maximum Gasteiger partial charge on any atom is 0.219 e. The van der Waals surface area contributed by atoms with Crippen molar-refractivity contribution in [1.29, 1.82) is 5.26 Å². The van der Waals surface area contributed by atoms with Crippen LogP contribution in [-0.2, 0) is 7.05 Å². The highest BCUT2D eigenvalue weighted by atomic mass is 19.1. The quantitative estimate of drug-likeness (QED) is 0.251. The van der Waals surface area contributed by atoms with Crippen molar-refractivity contribution in [3.63, 3.8) is 0 Å². The molecule has 6 rings (SSSR count). The largest absolute Gasteiger partial charge is 0.454 e. The number of fused-ring (bicyclic) bond motifs is 4. The molecule has 2 aromatic heterocycles. The zero-order chi connectivity index (χ0) is 26.8. The standard InChI is InChI=1S/C31H22FN2O/c1-18-11-13-24-25-14-12-21(16-33)29(23-10-6-8-20-7-4-5-9-22(20)23)31(25)35-30(24)28(18)27-15-26(32)19(2)17-34(27)3/h4-15,17H,1-3H3/q+1/i2D3. The van der Waals surface area contributed by atoms with Crippen molar-refractivity contribution in [2.24, 2.45) is 7.05 Å². The maximum absolute atomic E-state index is 15.0. The van der Waals surface area contributed by atoms with Gasteiger partial charge in [0.05, 0.1) is 17.2 Å². The molecular weight excluding hydrogens is 435 g/mol. The highest BCUT2D eigenvalue weighted by molar-refractivity contribution is 6.15. The van der Waals surface area contributed by atoms with Gasteiger partial charge in [0, 0.05) is 32.1 Å². The van der Waals surface area contributed by atoms with Crippen LogP contribution in [-0.4, -0.2) is 0 Å². The smallest absolute Gasteiger partial charge is 0.219 e. The number of pyridine rings is 1. The number of aryl methyl sites for hydroxylation is 3. The first-order valence-corrected chi connectivity index (χ1v) is 11.3. The molecule has 2 heterocycles.